The number of hydrogen-bond acceptors (Lipinski definition) is 3. The molecule has 1 aliphatic heterocycles. The summed E-state index contributed by atoms with van der Waals surface area (Å²) in [6.07, 6.45) is 6.52. The van der Waals surface area contributed by atoms with Crippen molar-refractivity contribution in [2.24, 2.45) is 10.9 Å². The van der Waals surface area contributed by atoms with Crippen LogP contribution in [0.25, 0.3) is 0 Å². The largest absolute Gasteiger partial charge is 0.357 e. The molecule has 0 radical (unpaired) electrons. The number of nitrogens with zero attached hydrogens (tertiary/aromatic N) is 2. The van der Waals surface area contributed by atoms with Crippen LogP contribution < -0.4 is 16.0 Å². The van der Waals surface area contributed by atoms with E-state index in [9.17, 15) is 9.59 Å². The minimum Gasteiger partial charge on any atom is -0.357 e. The normalized spacial score (nSPS) is 19.0. The number of aliphatic imine (C=N–C) groups is 1. The molecule has 2 aliphatic rings. The summed E-state index contributed by atoms with van der Waals surface area (Å²) < 4.78 is 0. The highest BCUT2D eigenvalue weighted by Crippen LogP contribution is 2.19. The van der Waals surface area contributed by atoms with Crippen LogP contribution in [0.1, 0.15) is 51.0 Å². The van der Waals surface area contributed by atoms with Gasteiger partial charge in [-0.2, -0.15) is 0 Å². The Morgan fingerprint density at radius 1 is 1.16 bits per heavy atom. The number of halogens is 1. The lowest BCUT2D eigenvalue weighted by Gasteiger charge is -2.17. The van der Waals surface area contributed by atoms with Crippen molar-refractivity contribution in [2.75, 3.05) is 32.7 Å². The first-order valence-corrected chi connectivity index (χ1v) is 11.8. The second-order valence-corrected chi connectivity index (χ2v) is 8.59. The average molecular weight is 556 g/mol. The topological polar surface area (TPSA) is 85.8 Å². The molecule has 1 saturated heterocycles. The van der Waals surface area contributed by atoms with Gasteiger partial charge in [0.2, 0.25) is 11.8 Å². The summed E-state index contributed by atoms with van der Waals surface area (Å²) in [6.45, 7) is 5.46. The summed E-state index contributed by atoms with van der Waals surface area (Å²) in [4.78, 5) is 31.1. The number of nitrogens with one attached hydrogen (secondary N) is 3. The summed E-state index contributed by atoms with van der Waals surface area (Å²) >= 11 is 0. The quantitative estimate of drug-likeness (QED) is 0.236. The summed E-state index contributed by atoms with van der Waals surface area (Å²) in [5.41, 5.74) is 1.26. The van der Waals surface area contributed by atoms with E-state index in [-0.39, 0.29) is 41.7 Å². The first kappa shape index (κ1) is 26.4. The van der Waals surface area contributed by atoms with Crippen molar-refractivity contribution in [3.8, 4) is 0 Å². The summed E-state index contributed by atoms with van der Waals surface area (Å²) in [6, 6.07) is 10.6. The van der Waals surface area contributed by atoms with Crippen molar-refractivity contribution in [3.05, 3.63) is 35.9 Å². The number of carbonyl (C=O) groups excluding carboxylic acids is 2. The van der Waals surface area contributed by atoms with Gasteiger partial charge >= 0.3 is 0 Å². The highest BCUT2D eigenvalue weighted by atomic mass is 127. The number of benzene rings is 1. The highest BCUT2D eigenvalue weighted by molar-refractivity contribution is 14.0. The molecule has 32 heavy (non-hydrogen) atoms. The van der Waals surface area contributed by atoms with Gasteiger partial charge in [0.05, 0.1) is 0 Å². The van der Waals surface area contributed by atoms with Crippen LogP contribution in [0.5, 0.6) is 0 Å². The van der Waals surface area contributed by atoms with E-state index in [1.165, 1.54) is 18.4 Å². The van der Waals surface area contributed by atoms with Crippen molar-refractivity contribution in [1.82, 2.24) is 20.9 Å². The van der Waals surface area contributed by atoms with Crippen LogP contribution in [0.4, 0.5) is 0 Å². The van der Waals surface area contributed by atoms with E-state index in [4.69, 9.17) is 0 Å². The van der Waals surface area contributed by atoms with Gasteiger partial charge in [-0.3, -0.25) is 14.6 Å². The second kappa shape index (κ2) is 14.3. The van der Waals surface area contributed by atoms with Gasteiger partial charge in [0.1, 0.15) is 0 Å². The Hall–Kier alpha value is -1.84. The molecule has 2 amide bonds. The second-order valence-electron chi connectivity index (χ2n) is 8.59. The minimum absolute atomic E-state index is 0. The third-order valence-electron chi connectivity index (χ3n) is 6.02. The molecule has 1 unspecified atom stereocenters. The molecule has 1 aliphatic carbocycles. The van der Waals surface area contributed by atoms with E-state index < -0.39 is 0 Å². The standard InChI is InChI=1S/C24H37N5O2.HI/c1-2-25-24(26-14-12-22(30)28-21-10-6-7-11-21)27-17-20-16-23(31)29(18-20)15-13-19-8-4-3-5-9-19;/h3-5,8-9,20-21H,2,6-7,10-18H2,1H3,(H,28,30)(H2,25,26,27);1H. The number of hydrogen-bond donors (Lipinski definition) is 3. The van der Waals surface area contributed by atoms with Crippen molar-refractivity contribution >= 4 is 41.8 Å². The molecule has 8 heteroatoms. The maximum absolute atomic E-state index is 12.4. The molecule has 2 fully saturated rings. The lowest BCUT2D eigenvalue weighted by molar-refractivity contribution is -0.127. The van der Waals surface area contributed by atoms with Crippen LogP contribution in [-0.2, 0) is 16.0 Å². The molecular formula is C24H38IN5O2. The van der Waals surface area contributed by atoms with Crippen LogP contribution in [0, 0.1) is 5.92 Å². The maximum atomic E-state index is 12.4. The summed E-state index contributed by atoms with van der Waals surface area (Å²) in [7, 11) is 0. The van der Waals surface area contributed by atoms with Crippen LogP contribution in [0.2, 0.25) is 0 Å². The maximum Gasteiger partial charge on any atom is 0.223 e. The number of amides is 2. The van der Waals surface area contributed by atoms with Gasteiger partial charge in [0.15, 0.2) is 5.96 Å². The third-order valence-corrected chi connectivity index (χ3v) is 6.02. The zero-order chi connectivity index (χ0) is 21.9. The van der Waals surface area contributed by atoms with Gasteiger partial charge in [-0.1, -0.05) is 43.2 Å². The molecule has 3 rings (SSSR count). The fraction of sp³-hybridized carbons (Fsp3) is 0.625. The van der Waals surface area contributed by atoms with E-state index in [0.717, 1.165) is 38.9 Å². The van der Waals surface area contributed by atoms with Crippen molar-refractivity contribution in [1.29, 1.82) is 0 Å². The number of rotatable bonds is 10. The predicted molar refractivity (Wildman–Crippen MR) is 139 cm³/mol. The number of carbonyl (C=O) groups is 2. The van der Waals surface area contributed by atoms with Crippen molar-refractivity contribution in [2.45, 2.75) is 57.9 Å². The Balaban J connectivity index is 0.00000363. The van der Waals surface area contributed by atoms with Gasteiger partial charge < -0.3 is 20.9 Å². The number of likely N-dealkylation sites (tertiary alicyclic amines) is 1. The SMILES string of the molecule is CCNC(=NCC1CC(=O)N(CCc2ccccc2)C1)NCCC(=O)NC1CCCC1.I. The molecule has 1 saturated carbocycles. The zero-order valence-corrected chi connectivity index (χ0v) is 21.5. The Morgan fingerprint density at radius 3 is 2.62 bits per heavy atom. The van der Waals surface area contributed by atoms with Gasteiger partial charge in [-0.25, -0.2) is 0 Å². The van der Waals surface area contributed by atoms with Crippen LogP contribution in [0.3, 0.4) is 0 Å². The molecule has 1 heterocycles. The lowest BCUT2D eigenvalue weighted by atomic mass is 10.1. The molecule has 3 N–H and O–H groups in total. The van der Waals surface area contributed by atoms with E-state index >= 15 is 0 Å². The summed E-state index contributed by atoms with van der Waals surface area (Å²) in [5.74, 6) is 1.28. The monoisotopic (exact) mass is 555 g/mol. The smallest absolute Gasteiger partial charge is 0.223 e. The van der Waals surface area contributed by atoms with E-state index in [2.05, 4.69) is 33.1 Å². The third kappa shape index (κ3) is 8.96. The van der Waals surface area contributed by atoms with E-state index in [0.29, 0.717) is 37.9 Å². The summed E-state index contributed by atoms with van der Waals surface area (Å²) in [5, 5.41) is 9.59. The van der Waals surface area contributed by atoms with Gasteiger partial charge in [-0.05, 0) is 31.7 Å². The van der Waals surface area contributed by atoms with E-state index in [1.807, 2.05) is 30.0 Å². The molecule has 0 aromatic heterocycles. The fourth-order valence-electron chi connectivity index (χ4n) is 4.33. The molecule has 1 atom stereocenters. The van der Waals surface area contributed by atoms with Gasteiger partial charge in [0.25, 0.3) is 0 Å². The molecule has 0 spiro atoms. The van der Waals surface area contributed by atoms with Crippen molar-refractivity contribution in [3.63, 3.8) is 0 Å². The average Bonchev–Trinajstić information content (AvgIpc) is 3.40. The van der Waals surface area contributed by atoms with Crippen LogP contribution in [-0.4, -0.2) is 61.4 Å². The predicted octanol–water partition coefficient (Wildman–Crippen LogP) is 2.70. The first-order valence-electron chi connectivity index (χ1n) is 11.8. The minimum atomic E-state index is 0. The molecule has 1 aromatic rings. The Labute approximate surface area is 209 Å². The van der Waals surface area contributed by atoms with Gasteiger partial charge in [-0.15, -0.1) is 24.0 Å². The molecule has 0 bridgehead atoms. The first-order chi connectivity index (χ1) is 15.1. The Kier molecular flexibility index (Phi) is 11.8. The highest BCUT2D eigenvalue weighted by Gasteiger charge is 2.29. The van der Waals surface area contributed by atoms with Crippen LogP contribution >= 0.6 is 24.0 Å². The van der Waals surface area contributed by atoms with Crippen molar-refractivity contribution < 1.29 is 9.59 Å². The molecule has 178 valence electrons. The fourth-order valence-corrected chi connectivity index (χ4v) is 4.33. The molecule has 1 aromatic carbocycles. The zero-order valence-electron chi connectivity index (χ0n) is 19.1. The van der Waals surface area contributed by atoms with Gasteiger partial charge in [0, 0.05) is 57.5 Å². The molecule has 7 nitrogen and oxygen atoms in total. The van der Waals surface area contributed by atoms with E-state index in [1.54, 1.807) is 0 Å². The number of guanidine groups is 1. The Morgan fingerprint density at radius 2 is 1.91 bits per heavy atom. The van der Waals surface area contributed by atoms with Crippen LogP contribution in [0.15, 0.2) is 35.3 Å². The Bertz CT molecular complexity index is 737. The molecular weight excluding hydrogens is 517 g/mol. The lowest BCUT2D eigenvalue weighted by Crippen LogP contribution is -2.40.